The first-order valence-corrected chi connectivity index (χ1v) is 8.71. The molecule has 0 aromatic heterocycles. The summed E-state index contributed by atoms with van der Waals surface area (Å²) in [4.78, 5) is 12.0. The molecule has 0 heterocycles. The van der Waals surface area contributed by atoms with E-state index in [9.17, 15) is 9.90 Å². The molecule has 0 spiro atoms. The van der Waals surface area contributed by atoms with Crippen molar-refractivity contribution in [3.63, 3.8) is 0 Å². The highest BCUT2D eigenvalue weighted by atomic mass is 16.3. The minimum Gasteiger partial charge on any atom is -0.395 e. The predicted octanol–water partition coefficient (Wildman–Crippen LogP) is 2.48. The van der Waals surface area contributed by atoms with Crippen molar-refractivity contribution in [3.8, 4) is 0 Å². The van der Waals surface area contributed by atoms with Gasteiger partial charge in [0.1, 0.15) is 0 Å². The quantitative estimate of drug-likeness (QED) is 0.747. The standard InChI is InChI=1S/C18H33NO3/c1-16(2)6-5-7-17(3)11-13(10-15(21)19-8-9-20)18(4,22)12-14(16)17/h13-14,20,22H,5-12H2,1-4H3,(H,19,21). The second-order valence-corrected chi connectivity index (χ2v) is 8.79. The lowest BCUT2D eigenvalue weighted by atomic mass is 9.47. The lowest BCUT2D eigenvalue weighted by molar-refractivity contribution is -0.154. The third kappa shape index (κ3) is 3.48. The molecule has 4 unspecified atom stereocenters. The van der Waals surface area contributed by atoms with E-state index in [1.54, 1.807) is 0 Å². The highest BCUT2D eigenvalue weighted by molar-refractivity contribution is 5.76. The fourth-order valence-corrected chi connectivity index (χ4v) is 5.15. The Bertz CT molecular complexity index is 419. The number of carbonyl (C=O) groups excluding carboxylic acids is 1. The number of hydrogen-bond acceptors (Lipinski definition) is 3. The zero-order valence-corrected chi connectivity index (χ0v) is 14.6. The number of hydrogen-bond donors (Lipinski definition) is 3. The summed E-state index contributed by atoms with van der Waals surface area (Å²) in [6, 6.07) is 0. The topological polar surface area (TPSA) is 69.6 Å². The SMILES string of the molecule is CC1(C)CCCC2(C)CC(CC(=O)NCCO)C(C)(O)CC12. The average Bonchev–Trinajstić information content (AvgIpc) is 2.39. The Kier molecular flexibility index (Phi) is 4.94. The first-order valence-electron chi connectivity index (χ1n) is 8.71. The number of carbonyl (C=O) groups is 1. The Morgan fingerprint density at radius 3 is 2.50 bits per heavy atom. The van der Waals surface area contributed by atoms with Gasteiger partial charge in [0.15, 0.2) is 0 Å². The molecule has 2 saturated carbocycles. The normalized spacial score (nSPS) is 40.8. The van der Waals surface area contributed by atoms with Crippen LogP contribution in [0.15, 0.2) is 0 Å². The van der Waals surface area contributed by atoms with Crippen LogP contribution in [0.2, 0.25) is 0 Å². The van der Waals surface area contributed by atoms with Gasteiger partial charge in [-0.15, -0.1) is 0 Å². The highest BCUT2D eigenvalue weighted by Crippen LogP contribution is 2.61. The lowest BCUT2D eigenvalue weighted by Crippen LogP contribution is -2.55. The third-order valence-electron chi connectivity index (χ3n) is 6.43. The van der Waals surface area contributed by atoms with Gasteiger partial charge in [0.25, 0.3) is 0 Å². The van der Waals surface area contributed by atoms with Crippen LogP contribution < -0.4 is 5.32 Å². The molecule has 2 rings (SSSR count). The molecule has 4 nitrogen and oxygen atoms in total. The van der Waals surface area contributed by atoms with E-state index in [0.717, 1.165) is 12.8 Å². The summed E-state index contributed by atoms with van der Waals surface area (Å²) in [7, 11) is 0. The van der Waals surface area contributed by atoms with Gasteiger partial charge in [-0.2, -0.15) is 0 Å². The molecule has 2 fully saturated rings. The molecule has 4 heteroatoms. The Labute approximate surface area is 134 Å². The van der Waals surface area contributed by atoms with Crippen molar-refractivity contribution in [1.29, 1.82) is 0 Å². The Morgan fingerprint density at radius 1 is 1.18 bits per heavy atom. The predicted molar refractivity (Wildman–Crippen MR) is 87.3 cm³/mol. The maximum absolute atomic E-state index is 12.0. The second-order valence-electron chi connectivity index (χ2n) is 8.79. The smallest absolute Gasteiger partial charge is 0.220 e. The van der Waals surface area contributed by atoms with Crippen LogP contribution in [0.5, 0.6) is 0 Å². The average molecular weight is 311 g/mol. The van der Waals surface area contributed by atoms with Crippen molar-refractivity contribution >= 4 is 5.91 Å². The largest absolute Gasteiger partial charge is 0.395 e. The first-order chi connectivity index (χ1) is 10.1. The number of rotatable bonds is 4. The van der Waals surface area contributed by atoms with Crippen LogP contribution in [0, 0.1) is 22.7 Å². The molecule has 4 atom stereocenters. The molecule has 128 valence electrons. The maximum atomic E-state index is 12.0. The van der Waals surface area contributed by atoms with Crippen molar-refractivity contribution < 1.29 is 15.0 Å². The number of amides is 1. The van der Waals surface area contributed by atoms with Crippen molar-refractivity contribution in [2.24, 2.45) is 22.7 Å². The minimum atomic E-state index is -0.782. The molecule has 2 aliphatic rings. The minimum absolute atomic E-state index is 0.00124. The summed E-state index contributed by atoms with van der Waals surface area (Å²) in [5.74, 6) is 0.457. The molecular formula is C18H33NO3. The second kappa shape index (κ2) is 6.12. The van der Waals surface area contributed by atoms with E-state index < -0.39 is 5.60 Å². The number of aliphatic hydroxyl groups is 2. The Morgan fingerprint density at radius 2 is 1.86 bits per heavy atom. The fourth-order valence-electron chi connectivity index (χ4n) is 5.15. The number of aliphatic hydroxyl groups excluding tert-OH is 1. The summed E-state index contributed by atoms with van der Waals surface area (Å²) in [5.41, 5.74) is -0.289. The highest BCUT2D eigenvalue weighted by Gasteiger charge is 2.55. The molecule has 1 amide bonds. The molecule has 0 saturated heterocycles. The van der Waals surface area contributed by atoms with Gasteiger partial charge >= 0.3 is 0 Å². The van der Waals surface area contributed by atoms with Gasteiger partial charge in [0.2, 0.25) is 5.91 Å². The van der Waals surface area contributed by atoms with Crippen LogP contribution in [-0.4, -0.2) is 34.9 Å². The van der Waals surface area contributed by atoms with E-state index >= 15 is 0 Å². The molecule has 0 aromatic carbocycles. The Balaban J connectivity index is 2.13. The molecular weight excluding hydrogens is 278 g/mol. The van der Waals surface area contributed by atoms with Gasteiger partial charge in [-0.1, -0.05) is 27.2 Å². The molecule has 3 N–H and O–H groups in total. The van der Waals surface area contributed by atoms with E-state index in [4.69, 9.17) is 5.11 Å². The van der Waals surface area contributed by atoms with Gasteiger partial charge in [0, 0.05) is 13.0 Å². The summed E-state index contributed by atoms with van der Waals surface area (Å²) in [5, 5.41) is 22.5. The summed E-state index contributed by atoms with van der Waals surface area (Å²) < 4.78 is 0. The number of nitrogens with one attached hydrogen (secondary N) is 1. The van der Waals surface area contributed by atoms with Crippen molar-refractivity contribution in [2.75, 3.05) is 13.2 Å². The van der Waals surface area contributed by atoms with Crippen molar-refractivity contribution in [3.05, 3.63) is 0 Å². The monoisotopic (exact) mass is 311 g/mol. The molecule has 0 aliphatic heterocycles. The molecule has 2 aliphatic carbocycles. The van der Waals surface area contributed by atoms with Crippen LogP contribution in [0.3, 0.4) is 0 Å². The van der Waals surface area contributed by atoms with Crippen LogP contribution in [0.4, 0.5) is 0 Å². The van der Waals surface area contributed by atoms with Gasteiger partial charge in [0.05, 0.1) is 12.2 Å². The molecule has 0 radical (unpaired) electrons. The number of fused-ring (bicyclic) bond motifs is 1. The van der Waals surface area contributed by atoms with E-state index in [1.165, 1.54) is 19.3 Å². The lowest BCUT2D eigenvalue weighted by Gasteiger charge is -2.59. The van der Waals surface area contributed by atoms with Gasteiger partial charge in [-0.3, -0.25) is 4.79 Å². The van der Waals surface area contributed by atoms with Gasteiger partial charge in [-0.05, 0) is 55.3 Å². The van der Waals surface area contributed by atoms with E-state index in [-0.39, 0.29) is 29.3 Å². The summed E-state index contributed by atoms with van der Waals surface area (Å²) in [6.07, 6.45) is 5.73. The first kappa shape index (κ1) is 17.7. The van der Waals surface area contributed by atoms with Crippen molar-refractivity contribution in [1.82, 2.24) is 5.32 Å². The summed E-state index contributed by atoms with van der Waals surface area (Å²) >= 11 is 0. The van der Waals surface area contributed by atoms with Crippen LogP contribution >= 0.6 is 0 Å². The molecule has 0 aromatic rings. The van der Waals surface area contributed by atoms with Crippen LogP contribution in [-0.2, 0) is 4.79 Å². The summed E-state index contributed by atoms with van der Waals surface area (Å²) in [6.45, 7) is 9.17. The third-order valence-corrected chi connectivity index (χ3v) is 6.43. The van der Waals surface area contributed by atoms with Gasteiger partial charge < -0.3 is 15.5 Å². The zero-order chi connectivity index (χ0) is 16.6. The van der Waals surface area contributed by atoms with Crippen molar-refractivity contribution in [2.45, 2.75) is 71.8 Å². The zero-order valence-electron chi connectivity index (χ0n) is 14.6. The van der Waals surface area contributed by atoms with Crippen LogP contribution in [0.25, 0.3) is 0 Å². The molecule has 0 bridgehead atoms. The maximum Gasteiger partial charge on any atom is 0.220 e. The van der Waals surface area contributed by atoms with E-state index in [1.807, 2.05) is 6.92 Å². The van der Waals surface area contributed by atoms with Crippen LogP contribution in [0.1, 0.15) is 66.2 Å². The van der Waals surface area contributed by atoms with E-state index in [2.05, 4.69) is 26.1 Å². The van der Waals surface area contributed by atoms with Gasteiger partial charge in [-0.25, -0.2) is 0 Å². The Hall–Kier alpha value is -0.610. The van der Waals surface area contributed by atoms with E-state index in [0.29, 0.717) is 18.9 Å². The molecule has 22 heavy (non-hydrogen) atoms. The fraction of sp³-hybridized carbons (Fsp3) is 0.944.